The van der Waals surface area contributed by atoms with Gasteiger partial charge in [-0.05, 0) is 0 Å². The lowest BCUT2D eigenvalue weighted by Gasteiger charge is -1.91. The molecule has 0 radical (unpaired) electrons. The van der Waals surface area contributed by atoms with E-state index in [1.807, 2.05) is 0 Å². The van der Waals surface area contributed by atoms with Crippen molar-refractivity contribution < 1.29 is 14.8 Å². The summed E-state index contributed by atoms with van der Waals surface area (Å²) >= 11 is 0. The predicted octanol–water partition coefficient (Wildman–Crippen LogP) is 1.78. The summed E-state index contributed by atoms with van der Waals surface area (Å²) < 4.78 is 0. The van der Waals surface area contributed by atoms with Crippen LogP contribution in [0, 0.1) is 15.5 Å². The molecule has 0 spiro atoms. The first kappa shape index (κ1) is 9.60. The monoisotopic (exact) mass is 194 g/mol. The molecule has 0 aromatic heterocycles. The van der Waals surface area contributed by atoms with Crippen molar-refractivity contribution in [1.82, 2.24) is 0 Å². The van der Waals surface area contributed by atoms with Gasteiger partial charge in [0.2, 0.25) is 5.39 Å². The number of nitro groups is 1. The molecule has 0 bridgehead atoms. The number of aromatic carboxylic acids is 1. The second kappa shape index (κ2) is 3.49. The number of carboxylic acids is 1. The van der Waals surface area contributed by atoms with Crippen LogP contribution < -0.4 is 0 Å². The third kappa shape index (κ3) is 1.64. The minimum atomic E-state index is -1.39. The van der Waals surface area contributed by atoms with Crippen LogP contribution in [0.5, 0.6) is 0 Å². The van der Waals surface area contributed by atoms with Crippen LogP contribution in [-0.4, -0.2) is 16.0 Å². The van der Waals surface area contributed by atoms with E-state index in [4.69, 9.17) is 10.5 Å². The van der Waals surface area contributed by atoms with E-state index in [1.54, 1.807) is 0 Å². The van der Waals surface area contributed by atoms with Crippen LogP contribution >= 0.6 is 0 Å². The highest BCUT2D eigenvalue weighted by Crippen LogP contribution is 2.24. The smallest absolute Gasteiger partial charge is 0.400 e. The van der Waals surface area contributed by atoms with Crippen molar-refractivity contribution in [2.75, 3.05) is 0 Å². The van der Waals surface area contributed by atoms with Gasteiger partial charge in [0.05, 0.1) is 4.92 Å². The van der Waals surface area contributed by atoms with Crippen molar-refractivity contribution in [2.45, 2.75) is 0 Å². The van der Waals surface area contributed by atoms with Crippen LogP contribution in [0.4, 0.5) is 11.4 Å². The van der Waals surface area contributed by atoms with Gasteiger partial charge < -0.3 is 5.11 Å². The fourth-order valence-corrected chi connectivity index (χ4v) is 0.896. The molecule has 7 heteroatoms. The van der Waals surface area contributed by atoms with E-state index in [2.05, 4.69) is 4.98 Å². The number of diazo groups is 1. The summed E-state index contributed by atoms with van der Waals surface area (Å²) in [6, 6.07) is 2.94. The second-order valence-corrected chi connectivity index (χ2v) is 2.36. The normalized spacial score (nSPS) is 9.07. The summed E-state index contributed by atoms with van der Waals surface area (Å²) in [4.78, 5) is 22.8. The van der Waals surface area contributed by atoms with Crippen LogP contribution in [0.3, 0.4) is 0 Å². The Morgan fingerprint density at radius 3 is 2.64 bits per heavy atom. The SMILES string of the molecule is N#[N+]c1ccc([N+](=O)[O-])cc1C(=O)O. The molecule has 1 aromatic carbocycles. The zero-order valence-electron chi connectivity index (χ0n) is 6.75. The Morgan fingerprint density at radius 1 is 1.57 bits per heavy atom. The molecule has 70 valence electrons. The lowest BCUT2D eigenvalue weighted by molar-refractivity contribution is -0.384. The zero-order valence-corrected chi connectivity index (χ0v) is 6.75. The van der Waals surface area contributed by atoms with E-state index in [1.165, 1.54) is 0 Å². The third-order valence-electron chi connectivity index (χ3n) is 1.53. The third-order valence-corrected chi connectivity index (χ3v) is 1.53. The fourth-order valence-electron chi connectivity index (χ4n) is 0.896. The molecule has 0 saturated heterocycles. The Hall–Kier alpha value is -2.49. The highest BCUT2D eigenvalue weighted by atomic mass is 16.6. The van der Waals surface area contributed by atoms with E-state index in [-0.39, 0.29) is 11.4 Å². The number of carbonyl (C=O) groups is 1. The molecule has 0 aliphatic rings. The molecule has 0 heterocycles. The molecule has 0 saturated carbocycles. The minimum Gasteiger partial charge on any atom is -0.477 e. The summed E-state index contributed by atoms with van der Waals surface area (Å²) in [5.41, 5.74) is -1.00. The highest BCUT2D eigenvalue weighted by Gasteiger charge is 2.23. The van der Waals surface area contributed by atoms with Crippen molar-refractivity contribution in [3.05, 3.63) is 38.9 Å². The average Bonchev–Trinajstić information content (AvgIpc) is 2.16. The van der Waals surface area contributed by atoms with E-state index in [9.17, 15) is 14.9 Å². The predicted molar refractivity (Wildman–Crippen MR) is 44.8 cm³/mol. The van der Waals surface area contributed by atoms with Crippen LogP contribution in [-0.2, 0) is 0 Å². The van der Waals surface area contributed by atoms with E-state index in [0.29, 0.717) is 0 Å². The number of nitro benzene ring substituents is 1. The van der Waals surface area contributed by atoms with Gasteiger partial charge in [0.25, 0.3) is 5.69 Å². The van der Waals surface area contributed by atoms with Gasteiger partial charge in [0.15, 0.2) is 10.5 Å². The standard InChI is InChI=1S/C7H3N3O4/c8-9-6-2-1-4(10(13)14)3-5(6)7(11)12/h1-3H/p+1. The van der Waals surface area contributed by atoms with Crippen molar-refractivity contribution in [1.29, 1.82) is 5.39 Å². The number of rotatable bonds is 2. The number of carboxylic acid groups (broad SMARTS) is 1. The Balaban J connectivity index is 3.37. The number of nitrogens with zero attached hydrogens (tertiary/aromatic N) is 3. The maximum Gasteiger partial charge on any atom is 0.400 e. The van der Waals surface area contributed by atoms with Gasteiger partial charge in [-0.3, -0.25) is 10.1 Å². The Kier molecular flexibility index (Phi) is 2.39. The van der Waals surface area contributed by atoms with E-state index in [0.717, 1.165) is 18.2 Å². The van der Waals surface area contributed by atoms with Crippen LogP contribution in [0.1, 0.15) is 10.4 Å². The van der Waals surface area contributed by atoms with Crippen molar-refractivity contribution in [2.24, 2.45) is 0 Å². The maximum absolute atomic E-state index is 10.6. The number of benzene rings is 1. The van der Waals surface area contributed by atoms with Gasteiger partial charge in [0.1, 0.15) is 0 Å². The molecule has 0 fully saturated rings. The van der Waals surface area contributed by atoms with Crippen LogP contribution in [0.2, 0.25) is 0 Å². The number of hydrogen-bond donors (Lipinski definition) is 1. The largest absolute Gasteiger partial charge is 0.477 e. The minimum absolute atomic E-state index is 0.219. The summed E-state index contributed by atoms with van der Waals surface area (Å²) in [6.45, 7) is 0. The van der Waals surface area contributed by atoms with Gasteiger partial charge in [-0.25, -0.2) is 4.79 Å². The molecule has 0 atom stereocenters. The Bertz CT molecular complexity index is 449. The zero-order chi connectivity index (χ0) is 10.7. The summed E-state index contributed by atoms with van der Waals surface area (Å²) in [6.07, 6.45) is 0. The molecular formula is C7H4N3O4+. The molecule has 0 aliphatic heterocycles. The highest BCUT2D eigenvalue weighted by molar-refractivity contribution is 5.95. The molecule has 0 unspecified atom stereocenters. The number of non-ortho nitro benzene ring substituents is 1. The van der Waals surface area contributed by atoms with Crippen molar-refractivity contribution in [3.63, 3.8) is 0 Å². The fraction of sp³-hybridized carbons (Fsp3) is 0. The van der Waals surface area contributed by atoms with Gasteiger partial charge in [0, 0.05) is 18.2 Å². The van der Waals surface area contributed by atoms with Crippen molar-refractivity contribution >= 4 is 17.3 Å². The molecule has 1 aromatic rings. The van der Waals surface area contributed by atoms with E-state index >= 15 is 0 Å². The van der Waals surface area contributed by atoms with Gasteiger partial charge in [-0.2, -0.15) is 0 Å². The second-order valence-electron chi connectivity index (χ2n) is 2.36. The summed E-state index contributed by atoms with van der Waals surface area (Å²) in [5, 5.41) is 27.3. The van der Waals surface area contributed by atoms with Gasteiger partial charge >= 0.3 is 11.7 Å². The lowest BCUT2D eigenvalue weighted by atomic mass is 10.1. The van der Waals surface area contributed by atoms with Crippen molar-refractivity contribution in [3.8, 4) is 0 Å². The molecular weight excluding hydrogens is 190 g/mol. The van der Waals surface area contributed by atoms with Crippen LogP contribution in [0.25, 0.3) is 4.98 Å². The summed E-state index contributed by atoms with van der Waals surface area (Å²) in [7, 11) is 0. The van der Waals surface area contributed by atoms with Gasteiger partial charge in [-0.1, -0.05) is 0 Å². The summed E-state index contributed by atoms with van der Waals surface area (Å²) in [5.74, 6) is -1.39. The lowest BCUT2D eigenvalue weighted by Crippen LogP contribution is -1.98. The van der Waals surface area contributed by atoms with Crippen LogP contribution in [0.15, 0.2) is 18.2 Å². The molecule has 1 N–H and O–H groups in total. The quantitative estimate of drug-likeness (QED) is 0.438. The van der Waals surface area contributed by atoms with Gasteiger partial charge in [-0.15, -0.1) is 0 Å². The first-order valence-corrected chi connectivity index (χ1v) is 3.43. The van der Waals surface area contributed by atoms with E-state index < -0.39 is 16.5 Å². The topological polar surface area (TPSA) is 109 Å². The molecule has 1 rings (SSSR count). The maximum atomic E-state index is 10.6. The molecule has 7 nitrogen and oxygen atoms in total. The molecule has 0 amide bonds. The number of hydrogen-bond acceptors (Lipinski definition) is 4. The Labute approximate surface area is 77.4 Å². The molecule has 0 aliphatic carbocycles. The Morgan fingerprint density at radius 2 is 2.21 bits per heavy atom. The molecule has 14 heavy (non-hydrogen) atoms. The first-order chi connectivity index (χ1) is 6.56. The average molecular weight is 194 g/mol. The first-order valence-electron chi connectivity index (χ1n) is 3.43.